The highest BCUT2D eigenvalue weighted by Gasteiger charge is 2.00. The van der Waals surface area contributed by atoms with E-state index in [2.05, 4.69) is 20.4 Å². The van der Waals surface area contributed by atoms with Gasteiger partial charge in [-0.2, -0.15) is 4.98 Å². The van der Waals surface area contributed by atoms with Gasteiger partial charge in [0.25, 0.3) is 0 Å². The quantitative estimate of drug-likeness (QED) is 0.706. The van der Waals surface area contributed by atoms with Crippen LogP contribution >= 0.6 is 0 Å². The molecular formula is C9H13N5O. The predicted molar refractivity (Wildman–Crippen MR) is 52.9 cm³/mol. The van der Waals surface area contributed by atoms with E-state index in [1.807, 2.05) is 17.8 Å². The average Bonchev–Trinajstić information content (AvgIpc) is 2.85. The molecule has 0 saturated carbocycles. The van der Waals surface area contributed by atoms with Gasteiger partial charge in [-0.3, -0.25) is 0 Å². The van der Waals surface area contributed by atoms with E-state index in [1.165, 1.54) is 6.33 Å². The molecule has 0 aliphatic rings. The Bertz CT molecular complexity index is 394. The zero-order valence-corrected chi connectivity index (χ0v) is 8.55. The van der Waals surface area contributed by atoms with Crippen molar-refractivity contribution in [3.05, 3.63) is 30.4 Å². The lowest BCUT2D eigenvalue weighted by molar-refractivity contribution is 0.374. The van der Waals surface area contributed by atoms with Crippen LogP contribution in [0.2, 0.25) is 0 Å². The lowest BCUT2D eigenvalue weighted by atomic mass is 10.4. The van der Waals surface area contributed by atoms with Crippen LogP contribution in [-0.4, -0.2) is 26.2 Å². The van der Waals surface area contributed by atoms with Crippen LogP contribution < -0.4 is 5.32 Å². The Hall–Kier alpha value is -1.69. The number of aromatic nitrogens is 4. The van der Waals surface area contributed by atoms with Crippen LogP contribution in [0, 0.1) is 0 Å². The van der Waals surface area contributed by atoms with E-state index < -0.39 is 0 Å². The van der Waals surface area contributed by atoms with Gasteiger partial charge in [-0.05, 0) is 0 Å². The molecule has 80 valence electrons. The maximum atomic E-state index is 4.87. The van der Waals surface area contributed by atoms with Gasteiger partial charge in [-0.15, -0.1) is 0 Å². The molecule has 0 amide bonds. The van der Waals surface area contributed by atoms with Crippen molar-refractivity contribution in [2.24, 2.45) is 7.05 Å². The van der Waals surface area contributed by atoms with Crippen LogP contribution in [0.4, 0.5) is 0 Å². The highest BCUT2D eigenvalue weighted by atomic mass is 16.5. The summed E-state index contributed by atoms with van der Waals surface area (Å²) in [6.07, 6.45) is 5.86. The molecule has 0 aliphatic carbocycles. The van der Waals surface area contributed by atoms with Crippen LogP contribution in [0.5, 0.6) is 0 Å². The van der Waals surface area contributed by atoms with E-state index in [-0.39, 0.29) is 0 Å². The van der Waals surface area contributed by atoms with E-state index in [0.29, 0.717) is 5.89 Å². The van der Waals surface area contributed by atoms with Crippen molar-refractivity contribution in [2.45, 2.75) is 13.0 Å². The van der Waals surface area contributed by atoms with Crippen LogP contribution in [0.15, 0.2) is 23.2 Å². The first-order valence-electron chi connectivity index (χ1n) is 4.79. The summed E-state index contributed by atoms with van der Waals surface area (Å²) in [4.78, 5) is 8.13. The van der Waals surface area contributed by atoms with E-state index in [4.69, 9.17) is 4.52 Å². The first-order chi connectivity index (χ1) is 7.36. The zero-order valence-electron chi connectivity index (χ0n) is 8.55. The highest BCUT2D eigenvalue weighted by Crippen LogP contribution is 1.94. The number of imidazole rings is 1. The normalized spacial score (nSPS) is 10.7. The molecule has 2 heterocycles. The molecule has 0 saturated heterocycles. The van der Waals surface area contributed by atoms with Crippen molar-refractivity contribution >= 4 is 0 Å². The minimum Gasteiger partial charge on any atom is -0.340 e. The van der Waals surface area contributed by atoms with Crippen LogP contribution in [-0.2, 0) is 20.0 Å². The van der Waals surface area contributed by atoms with Gasteiger partial charge in [0.15, 0.2) is 6.33 Å². The fraction of sp³-hybridized carbons (Fsp3) is 0.444. The highest BCUT2D eigenvalue weighted by molar-refractivity contribution is 4.90. The van der Waals surface area contributed by atoms with Gasteiger partial charge in [0.2, 0.25) is 5.89 Å². The molecule has 0 atom stereocenters. The molecule has 6 nitrogen and oxygen atoms in total. The summed E-state index contributed by atoms with van der Waals surface area (Å²) in [6.45, 7) is 1.55. The second kappa shape index (κ2) is 4.70. The molecule has 1 N–H and O–H groups in total. The number of rotatable bonds is 5. The number of nitrogens with one attached hydrogen (secondary N) is 1. The van der Waals surface area contributed by atoms with Gasteiger partial charge in [0, 0.05) is 32.4 Å². The van der Waals surface area contributed by atoms with Crippen molar-refractivity contribution in [1.29, 1.82) is 0 Å². The second-order valence-electron chi connectivity index (χ2n) is 3.22. The lowest BCUT2D eigenvalue weighted by Gasteiger charge is -2.02. The Kier molecular flexibility index (Phi) is 3.08. The molecule has 2 rings (SSSR count). The van der Waals surface area contributed by atoms with Crippen LogP contribution in [0.3, 0.4) is 0 Å². The number of nitrogens with zero attached hydrogens (tertiary/aromatic N) is 4. The summed E-state index contributed by atoms with van der Waals surface area (Å²) in [5.74, 6) is 1.67. The minimum absolute atomic E-state index is 0.655. The molecule has 2 aromatic heterocycles. The Labute approximate surface area is 87.3 Å². The summed E-state index contributed by atoms with van der Waals surface area (Å²) in [7, 11) is 1.97. The molecule has 15 heavy (non-hydrogen) atoms. The van der Waals surface area contributed by atoms with Gasteiger partial charge in [0.1, 0.15) is 5.82 Å². The molecule has 0 fully saturated rings. The fourth-order valence-corrected chi connectivity index (χ4v) is 1.27. The van der Waals surface area contributed by atoms with Crippen molar-refractivity contribution in [3.63, 3.8) is 0 Å². The molecule has 0 aromatic carbocycles. The van der Waals surface area contributed by atoms with Gasteiger partial charge in [-0.1, -0.05) is 5.16 Å². The molecule has 6 heteroatoms. The number of aryl methyl sites for hydroxylation is 1. The van der Waals surface area contributed by atoms with Crippen molar-refractivity contribution < 1.29 is 4.52 Å². The molecule has 0 unspecified atom stereocenters. The summed E-state index contributed by atoms with van der Waals surface area (Å²) < 4.78 is 6.86. The predicted octanol–water partition coefficient (Wildman–Crippen LogP) is 0.135. The molecule has 0 spiro atoms. The van der Waals surface area contributed by atoms with E-state index in [0.717, 1.165) is 25.3 Å². The minimum atomic E-state index is 0.655. The van der Waals surface area contributed by atoms with Crippen molar-refractivity contribution in [2.75, 3.05) is 6.54 Å². The SMILES string of the molecule is Cn1ccnc1CNCCc1ncno1. The third-order valence-electron chi connectivity index (χ3n) is 2.13. The second-order valence-corrected chi connectivity index (χ2v) is 3.22. The van der Waals surface area contributed by atoms with E-state index >= 15 is 0 Å². The molecule has 0 aliphatic heterocycles. The summed E-state index contributed by atoms with van der Waals surface area (Å²) >= 11 is 0. The van der Waals surface area contributed by atoms with Gasteiger partial charge >= 0.3 is 0 Å². The van der Waals surface area contributed by atoms with Gasteiger partial charge < -0.3 is 14.4 Å². The largest absolute Gasteiger partial charge is 0.340 e. The van der Waals surface area contributed by atoms with Crippen molar-refractivity contribution in [3.8, 4) is 0 Å². The number of hydrogen-bond donors (Lipinski definition) is 1. The Morgan fingerprint density at radius 1 is 1.47 bits per heavy atom. The topological polar surface area (TPSA) is 68.8 Å². The molecular weight excluding hydrogens is 194 g/mol. The number of hydrogen-bond acceptors (Lipinski definition) is 5. The third-order valence-corrected chi connectivity index (χ3v) is 2.13. The first kappa shape index (κ1) is 9.85. The lowest BCUT2D eigenvalue weighted by Crippen LogP contribution is -2.19. The van der Waals surface area contributed by atoms with E-state index in [1.54, 1.807) is 6.20 Å². The van der Waals surface area contributed by atoms with Crippen LogP contribution in [0.25, 0.3) is 0 Å². The van der Waals surface area contributed by atoms with E-state index in [9.17, 15) is 0 Å². The summed E-state index contributed by atoms with van der Waals surface area (Å²) in [5, 5.41) is 6.79. The standard InChI is InChI=1S/C9H13N5O/c1-14-5-4-11-8(14)6-10-3-2-9-12-7-13-15-9/h4-5,7,10H,2-3,6H2,1H3. The molecule has 0 radical (unpaired) electrons. The Morgan fingerprint density at radius 3 is 3.07 bits per heavy atom. The first-order valence-corrected chi connectivity index (χ1v) is 4.79. The van der Waals surface area contributed by atoms with Crippen LogP contribution in [0.1, 0.15) is 11.7 Å². The fourth-order valence-electron chi connectivity index (χ4n) is 1.27. The van der Waals surface area contributed by atoms with Gasteiger partial charge in [-0.25, -0.2) is 4.98 Å². The van der Waals surface area contributed by atoms with Gasteiger partial charge in [0.05, 0.1) is 6.54 Å². The molecule has 0 bridgehead atoms. The Morgan fingerprint density at radius 2 is 2.40 bits per heavy atom. The smallest absolute Gasteiger partial charge is 0.227 e. The third kappa shape index (κ3) is 2.63. The molecule has 2 aromatic rings. The Balaban J connectivity index is 1.70. The monoisotopic (exact) mass is 207 g/mol. The maximum absolute atomic E-state index is 4.87. The summed E-state index contributed by atoms with van der Waals surface area (Å²) in [5.41, 5.74) is 0. The average molecular weight is 207 g/mol. The zero-order chi connectivity index (χ0) is 10.5. The summed E-state index contributed by atoms with van der Waals surface area (Å²) in [6, 6.07) is 0. The van der Waals surface area contributed by atoms with Crippen molar-refractivity contribution in [1.82, 2.24) is 25.0 Å². The maximum Gasteiger partial charge on any atom is 0.227 e.